The fraction of sp³-hybridized carbons (Fsp3) is 0.333. The van der Waals surface area contributed by atoms with Crippen molar-refractivity contribution in [2.24, 2.45) is 0 Å². The van der Waals surface area contributed by atoms with Crippen LogP contribution in [0.15, 0.2) is 30.5 Å². The quantitative estimate of drug-likeness (QED) is 0.798. The highest BCUT2D eigenvalue weighted by Gasteiger charge is 2.29. The van der Waals surface area contributed by atoms with Crippen LogP contribution in [0.3, 0.4) is 0 Å². The monoisotopic (exact) mass is 290 g/mol. The van der Waals surface area contributed by atoms with Crippen molar-refractivity contribution in [1.82, 2.24) is 9.55 Å². The zero-order chi connectivity index (χ0) is 14.1. The number of imidazole rings is 1. The summed E-state index contributed by atoms with van der Waals surface area (Å²) in [5, 5.41) is 0.658. The first-order valence-electron chi connectivity index (χ1n) is 6.60. The normalized spacial score (nSPS) is 17.6. The van der Waals surface area contributed by atoms with Gasteiger partial charge in [-0.2, -0.15) is 0 Å². The van der Waals surface area contributed by atoms with E-state index in [1.807, 2.05) is 35.0 Å². The van der Waals surface area contributed by atoms with E-state index in [4.69, 9.17) is 16.3 Å². The molecular formula is C15H15ClN2O2. The van der Waals surface area contributed by atoms with Crippen LogP contribution in [0.5, 0.6) is 0 Å². The third kappa shape index (κ3) is 2.20. The maximum Gasteiger partial charge on any atom is 0.328 e. The number of methoxy groups -OCH3 is 1. The Morgan fingerprint density at radius 1 is 1.50 bits per heavy atom. The molecule has 0 amide bonds. The van der Waals surface area contributed by atoms with Gasteiger partial charge in [0.15, 0.2) is 0 Å². The Morgan fingerprint density at radius 2 is 2.35 bits per heavy atom. The number of benzene rings is 1. The molecule has 0 saturated heterocycles. The Bertz CT molecular complexity index is 651. The zero-order valence-electron chi connectivity index (χ0n) is 11.2. The SMILES string of the molecule is COC(=O)C1CCCc2cnc(-c3cccc(Cl)c3)n21. The number of hydrogen-bond donors (Lipinski definition) is 0. The number of carbonyl (C=O) groups excluding carboxylic acids is 1. The lowest BCUT2D eigenvalue weighted by molar-refractivity contribution is -0.145. The van der Waals surface area contributed by atoms with Gasteiger partial charge in [0.25, 0.3) is 0 Å². The third-order valence-corrected chi connectivity index (χ3v) is 3.89. The highest BCUT2D eigenvalue weighted by Crippen LogP contribution is 2.32. The van der Waals surface area contributed by atoms with Crippen molar-refractivity contribution in [3.63, 3.8) is 0 Å². The molecule has 20 heavy (non-hydrogen) atoms. The second-order valence-electron chi connectivity index (χ2n) is 4.88. The predicted molar refractivity (Wildman–Crippen MR) is 76.7 cm³/mol. The summed E-state index contributed by atoms with van der Waals surface area (Å²) < 4.78 is 6.90. The van der Waals surface area contributed by atoms with Crippen LogP contribution < -0.4 is 0 Å². The standard InChI is InChI=1S/C15H15ClN2O2/c1-20-15(19)13-7-3-6-12-9-17-14(18(12)13)10-4-2-5-11(16)8-10/h2,4-5,8-9,13H,3,6-7H2,1H3. The molecule has 1 aromatic heterocycles. The molecule has 2 heterocycles. The molecule has 1 aliphatic heterocycles. The van der Waals surface area contributed by atoms with Gasteiger partial charge in [0.05, 0.1) is 7.11 Å². The number of rotatable bonds is 2. The van der Waals surface area contributed by atoms with Gasteiger partial charge in [-0.3, -0.25) is 0 Å². The Hall–Kier alpha value is -1.81. The molecule has 2 aromatic rings. The molecule has 0 aliphatic carbocycles. The molecule has 0 saturated carbocycles. The van der Waals surface area contributed by atoms with E-state index in [1.54, 1.807) is 0 Å². The van der Waals surface area contributed by atoms with Crippen molar-refractivity contribution >= 4 is 17.6 Å². The Labute approximate surface area is 122 Å². The Kier molecular flexibility index (Phi) is 3.49. The highest BCUT2D eigenvalue weighted by atomic mass is 35.5. The zero-order valence-corrected chi connectivity index (χ0v) is 11.9. The van der Waals surface area contributed by atoms with Crippen LogP contribution in [0.2, 0.25) is 5.02 Å². The third-order valence-electron chi connectivity index (χ3n) is 3.65. The maximum absolute atomic E-state index is 12.0. The lowest BCUT2D eigenvalue weighted by atomic mass is 10.0. The predicted octanol–water partition coefficient (Wildman–Crippen LogP) is 3.25. The summed E-state index contributed by atoms with van der Waals surface area (Å²) in [4.78, 5) is 16.5. The minimum atomic E-state index is -0.291. The lowest BCUT2D eigenvalue weighted by Gasteiger charge is -2.25. The van der Waals surface area contributed by atoms with Crippen LogP contribution in [0.25, 0.3) is 11.4 Å². The molecule has 1 aliphatic rings. The van der Waals surface area contributed by atoms with Crippen LogP contribution >= 0.6 is 11.6 Å². The first kappa shape index (κ1) is 13.2. The second-order valence-corrected chi connectivity index (χ2v) is 5.32. The summed E-state index contributed by atoms with van der Waals surface area (Å²) >= 11 is 6.04. The Balaban J connectivity index is 2.10. The molecule has 1 aromatic carbocycles. The molecule has 0 N–H and O–H groups in total. The molecule has 4 nitrogen and oxygen atoms in total. The van der Waals surface area contributed by atoms with Gasteiger partial charge in [-0.1, -0.05) is 23.7 Å². The van der Waals surface area contributed by atoms with Gasteiger partial charge in [-0.25, -0.2) is 9.78 Å². The lowest BCUT2D eigenvalue weighted by Crippen LogP contribution is -2.26. The smallest absolute Gasteiger partial charge is 0.328 e. The molecule has 104 valence electrons. The maximum atomic E-state index is 12.0. The van der Waals surface area contributed by atoms with Crippen molar-refractivity contribution in [3.8, 4) is 11.4 Å². The summed E-state index contributed by atoms with van der Waals surface area (Å²) in [7, 11) is 1.42. The molecule has 0 bridgehead atoms. The number of halogens is 1. The van der Waals surface area contributed by atoms with E-state index < -0.39 is 0 Å². The van der Waals surface area contributed by atoms with Crippen molar-refractivity contribution in [2.75, 3.05) is 7.11 Å². The number of aryl methyl sites for hydroxylation is 1. The number of esters is 1. The number of ether oxygens (including phenoxy) is 1. The van der Waals surface area contributed by atoms with E-state index >= 15 is 0 Å². The molecular weight excluding hydrogens is 276 g/mol. The van der Waals surface area contributed by atoms with Crippen molar-refractivity contribution in [3.05, 3.63) is 41.2 Å². The summed E-state index contributed by atoms with van der Waals surface area (Å²) in [6, 6.07) is 7.23. The van der Waals surface area contributed by atoms with Gasteiger partial charge in [-0.15, -0.1) is 0 Å². The van der Waals surface area contributed by atoms with E-state index in [-0.39, 0.29) is 12.0 Å². The molecule has 0 spiro atoms. The van der Waals surface area contributed by atoms with Crippen LogP contribution in [0.4, 0.5) is 0 Å². The van der Waals surface area contributed by atoms with Gasteiger partial charge >= 0.3 is 5.97 Å². The summed E-state index contributed by atoms with van der Waals surface area (Å²) in [5.41, 5.74) is 1.99. The highest BCUT2D eigenvalue weighted by molar-refractivity contribution is 6.30. The molecule has 0 radical (unpaired) electrons. The molecule has 1 atom stereocenters. The fourth-order valence-corrected chi connectivity index (χ4v) is 2.93. The van der Waals surface area contributed by atoms with E-state index in [0.717, 1.165) is 36.3 Å². The summed E-state index contributed by atoms with van der Waals surface area (Å²) in [6.07, 6.45) is 4.52. The minimum absolute atomic E-state index is 0.216. The Morgan fingerprint density at radius 3 is 3.10 bits per heavy atom. The average molecular weight is 291 g/mol. The van der Waals surface area contributed by atoms with Crippen molar-refractivity contribution in [2.45, 2.75) is 25.3 Å². The molecule has 3 rings (SSSR count). The summed E-state index contributed by atoms with van der Waals surface area (Å²) in [6.45, 7) is 0. The topological polar surface area (TPSA) is 44.1 Å². The summed E-state index contributed by atoms with van der Waals surface area (Å²) in [5.74, 6) is 0.560. The number of fused-ring (bicyclic) bond motifs is 1. The van der Waals surface area contributed by atoms with Gasteiger partial charge in [0, 0.05) is 22.5 Å². The molecule has 0 fully saturated rings. The van der Waals surface area contributed by atoms with E-state index in [9.17, 15) is 4.79 Å². The molecule has 5 heteroatoms. The van der Waals surface area contributed by atoms with Crippen LogP contribution in [-0.2, 0) is 16.0 Å². The van der Waals surface area contributed by atoms with E-state index in [1.165, 1.54) is 7.11 Å². The van der Waals surface area contributed by atoms with E-state index in [2.05, 4.69) is 4.98 Å². The van der Waals surface area contributed by atoms with Gasteiger partial charge < -0.3 is 9.30 Å². The van der Waals surface area contributed by atoms with Gasteiger partial charge in [0.2, 0.25) is 0 Å². The van der Waals surface area contributed by atoms with E-state index in [0.29, 0.717) is 5.02 Å². The average Bonchev–Trinajstić information content (AvgIpc) is 2.90. The van der Waals surface area contributed by atoms with Gasteiger partial charge in [0.1, 0.15) is 11.9 Å². The van der Waals surface area contributed by atoms with Crippen LogP contribution in [0, 0.1) is 0 Å². The van der Waals surface area contributed by atoms with Crippen molar-refractivity contribution < 1.29 is 9.53 Å². The number of carbonyl (C=O) groups is 1. The van der Waals surface area contributed by atoms with Crippen LogP contribution in [0.1, 0.15) is 24.6 Å². The number of nitrogens with zero attached hydrogens (tertiary/aromatic N) is 2. The number of hydrogen-bond acceptors (Lipinski definition) is 3. The van der Waals surface area contributed by atoms with Gasteiger partial charge in [-0.05, 0) is 31.4 Å². The van der Waals surface area contributed by atoms with Crippen LogP contribution in [-0.4, -0.2) is 22.6 Å². The first-order valence-corrected chi connectivity index (χ1v) is 6.98. The number of aromatic nitrogens is 2. The first-order chi connectivity index (χ1) is 9.70. The second kappa shape index (κ2) is 5.29. The largest absolute Gasteiger partial charge is 0.467 e. The molecule has 1 unspecified atom stereocenters. The minimum Gasteiger partial charge on any atom is -0.467 e. The van der Waals surface area contributed by atoms with Crippen molar-refractivity contribution in [1.29, 1.82) is 0 Å². The fourth-order valence-electron chi connectivity index (χ4n) is 2.73.